The maximum absolute atomic E-state index is 11.0. The quantitative estimate of drug-likeness (QED) is 0.648. The van der Waals surface area contributed by atoms with Crippen LogP contribution in [0.5, 0.6) is 0 Å². The van der Waals surface area contributed by atoms with Crippen LogP contribution in [0.1, 0.15) is 6.92 Å². The van der Waals surface area contributed by atoms with Gasteiger partial charge in [0.1, 0.15) is 11.1 Å². The largest absolute Gasteiger partial charge is 0.480 e. The smallest absolute Gasteiger partial charge is 0.354 e. The molecule has 98 valence electrons. The number of aliphatic carboxylic acids is 2. The van der Waals surface area contributed by atoms with Crippen LogP contribution in [0.3, 0.4) is 0 Å². The van der Waals surface area contributed by atoms with E-state index in [4.69, 9.17) is 10.2 Å². The van der Waals surface area contributed by atoms with Crippen LogP contribution >= 0.6 is 11.8 Å². The summed E-state index contributed by atoms with van der Waals surface area (Å²) in [6, 6.07) is -1.25. The summed E-state index contributed by atoms with van der Waals surface area (Å²) < 4.78 is 0. The van der Waals surface area contributed by atoms with Crippen LogP contribution in [0.4, 0.5) is 0 Å². The lowest BCUT2D eigenvalue weighted by Crippen LogP contribution is -2.47. The Balaban J connectivity index is 2.99. The number of hydrogen-bond donors (Lipinski definition) is 3. The highest BCUT2D eigenvalue weighted by Gasteiger charge is 2.33. The van der Waals surface area contributed by atoms with E-state index in [0.29, 0.717) is 5.57 Å². The van der Waals surface area contributed by atoms with Gasteiger partial charge < -0.3 is 15.5 Å². The van der Waals surface area contributed by atoms with Crippen molar-refractivity contribution in [2.45, 2.75) is 18.3 Å². The van der Waals surface area contributed by atoms with Gasteiger partial charge in [-0.05, 0) is 5.57 Å². The van der Waals surface area contributed by atoms with Crippen molar-refractivity contribution in [3.63, 3.8) is 0 Å². The number of carboxylic acid groups (broad SMARTS) is 2. The van der Waals surface area contributed by atoms with Crippen LogP contribution in [0.2, 0.25) is 0 Å². The predicted octanol–water partition coefficient (Wildman–Crippen LogP) is -0.270. The molecule has 0 aromatic heterocycles. The van der Waals surface area contributed by atoms with Crippen molar-refractivity contribution >= 4 is 35.3 Å². The first-order valence-electron chi connectivity index (χ1n) is 4.93. The molecule has 0 aromatic rings. The lowest BCUT2D eigenvalue weighted by Gasteiger charge is -2.25. The van der Waals surface area contributed by atoms with Crippen molar-refractivity contribution < 1.29 is 24.6 Å². The summed E-state index contributed by atoms with van der Waals surface area (Å²) in [7, 11) is 0. The third kappa shape index (κ3) is 3.33. The van der Waals surface area contributed by atoms with E-state index in [-0.39, 0.29) is 11.5 Å². The number of carbonyl (C=O) groups is 3. The summed E-state index contributed by atoms with van der Waals surface area (Å²) in [5, 5.41) is 19.3. The van der Waals surface area contributed by atoms with Crippen LogP contribution in [0, 0.1) is 0 Å². The number of amides is 1. The van der Waals surface area contributed by atoms with Gasteiger partial charge in [-0.1, -0.05) is 6.58 Å². The van der Waals surface area contributed by atoms with Gasteiger partial charge in [-0.3, -0.25) is 9.79 Å². The molecule has 18 heavy (non-hydrogen) atoms. The summed E-state index contributed by atoms with van der Waals surface area (Å²) in [5.41, 5.74) is 0.0889. The number of carbonyl (C=O) groups excluding carboxylic acids is 1. The van der Waals surface area contributed by atoms with Crippen LogP contribution in [0.15, 0.2) is 17.1 Å². The second-order valence-electron chi connectivity index (χ2n) is 3.60. The molecule has 1 amide bonds. The van der Waals surface area contributed by atoms with Gasteiger partial charge >= 0.3 is 11.9 Å². The molecule has 1 aliphatic rings. The maximum Gasteiger partial charge on any atom is 0.354 e. The Bertz CT molecular complexity index is 446. The van der Waals surface area contributed by atoms with Crippen molar-refractivity contribution in [1.82, 2.24) is 5.32 Å². The standard InChI is InChI=1S/C10H12N2O5S/c1-4-3-18-8(12-6(4)9(14)15)7(10(16)17)11-5(2)13/h7-8H,1,3H2,2H3,(H,11,13)(H,14,15)(H,16,17)/t7-,8+/m0/s1. The molecule has 0 spiro atoms. The van der Waals surface area contributed by atoms with E-state index >= 15 is 0 Å². The molecular formula is C10H12N2O5S. The van der Waals surface area contributed by atoms with Gasteiger partial charge in [0.25, 0.3) is 0 Å². The summed E-state index contributed by atoms with van der Waals surface area (Å²) in [6.07, 6.45) is 0. The van der Waals surface area contributed by atoms with Crippen molar-refractivity contribution in [2.75, 3.05) is 5.75 Å². The number of carboxylic acids is 2. The second kappa shape index (κ2) is 5.67. The first kappa shape index (κ1) is 14.2. The van der Waals surface area contributed by atoms with Gasteiger partial charge in [0.05, 0.1) is 0 Å². The van der Waals surface area contributed by atoms with Crippen LogP contribution in [0.25, 0.3) is 0 Å². The monoisotopic (exact) mass is 272 g/mol. The Morgan fingerprint density at radius 1 is 1.50 bits per heavy atom. The second-order valence-corrected chi connectivity index (χ2v) is 4.71. The van der Waals surface area contributed by atoms with Crippen LogP contribution < -0.4 is 5.32 Å². The van der Waals surface area contributed by atoms with Crippen molar-refractivity contribution in [3.05, 3.63) is 12.2 Å². The Hall–Kier alpha value is -1.83. The maximum atomic E-state index is 11.0. The van der Waals surface area contributed by atoms with Crippen LogP contribution in [-0.4, -0.2) is 50.9 Å². The Kier molecular flexibility index (Phi) is 4.49. The minimum Gasteiger partial charge on any atom is -0.480 e. The molecule has 0 radical (unpaired) electrons. The fraction of sp³-hybridized carbons (Fsp3) is 0.400. The third-order valence-electron chi connectivity index (χ3n) is 2.13. The highest BCUT2D eigenvalue weighted by Crippen LogP contribution is 2.25. The lowest BCUT2D eigenvalue weighted by molar-refractivity contribution is -0.141. The molecule has 7 nitrogen and oxygen atoms in total. The lowest BCUT2D eigenvalue weighted by atomic mass is 10.2. The average Bonchev–Trinajstić information content (AvgIpc) is 2.26. The van der Waals surface area contributed by atoms with Crippen LogP contribution in [-0.2, 0) is 14.4 Å². The molecule has 0 aliphatic carbocycles. The molecule has 2 atom stereocenters. The van der Waals surface area contributed by atoms with Gasteiger partial charge in [-0.15, -0.1) is 11.8 Å². The fourth-order valence-corrected chi connectivity index (χ4v) is 2.43. The number of thioether (sulfide) groups is 1. The third-order valence-corrected chi connectivity index (χ3v) is 3.37. The summed E-state index contributed by atoms with van der Waals surface area (Å²) in [5.74, 6) is -2.76. The number of aliphatic imine (C=N–C) groups is 1. The highest BCUT2D eigenvalue weighted by atomic mass is 32.2. The van der Waals surface area contributed by atoms with E-state index in [1.165, 1.54) is 6.92 Å². The first-order valence-corrected chi connectivity index (χ1v) is 5.98. The van der Waals surface area contributed by atoms with E-state index in [9.17, 15) is 14.4 Å². The molecule has 3 N–H and O–H groups in total. The predicted molar refractivity (Wildman–Crippen MR) is 65.7 cm³/mol. The number of nitrogens with zero attached hydrogens (tertiary/aromatic N) is 1. The number of hydrogen-bond acceptors (Lipinski definition) is 5. The van der Waals surface area contributed by atoms with Crippen molar-refractivity contribution in [2.24, 2.45) is 4.99 Å². The van der Waals surface area contributed by atoms with E-state index in [1.807, 2.05) is 0 Å². The fourth-order valence-electron chi connectivity index (χ4n) is 1.36. The zero-order chi connectivity index (χ0) is 13.9. The normalized spacial score (nSPS) is 20.8. The minimum absolute atomic E-state index is 0.240. The topological polar surface area (TPSA) is 116 Å². The molecule has 1 heterocycles. The molecule has 0 saturated heterocycles. The molecule has 8 heteroatoms. The van der Waals surface area contributed by atoms with E-state index in [0.717, 1.165) is 11.8 Å². The number of rotatable bonds is 4. The molecule has 0 bridgehead atoms. The van der Waals surface area contributed by atoms with Crippen molar-refractivity contribution in [1.29, 1.82) is 0 Å². The molecular weight excluding hydrogens is 260 g/mol. The Morgan fingerprint density at radius 3 is 2.56 bits per heavy atom. The average molecular weight is 272 g/mol. The molecule has 0 saturated carbocycles. The van der Waals surface area contributed by atoms with E-state index < -0.39 is 29.3 Å². The zero-order valence-corrected chi connectivity index (χ0v) is 10.4. The molecule has 0 aromatic carbocycles. The van der Waals surface area contributed by atoms with Gasteiger partial charge in [-0.25, -0.2) is 9.59 Å². The van der Waals surface area contributed by atoms with Gasteiger partial charge in [0.15, 0.2) is 6.04 Å². The van der Waals surface area contributed by atoms with Gasteiger partial charge in [-0.2, -0.15) is 0 Å². The summed E-state index contributed by atoms with van der Waals surface area (Å²) >= 11 is 1.12. The number of nitrogens with one attached hydrogen (secondary N) is 1. The van der Waals surface area contributed by atoms with Crippen molar-refractivity contribution in [3.8, 4) is 0 Å². The molecule has 0 unspecified atom stereocenters. The summed E-state index contributed by atoms with van der Waals surface area (Å²) in [6.45, 7) is 4.73. The molecule has 1 rings (SSSR count). The van der Waals surface area contributed by atoms with Gasteiger partial charge in [0, 0.05) is 12.7 Å². The minimum atomic E-state index is -1.26. The van der Waals surface area contributed by atoms with Gasteiger partial charge in [0.2, 0.25) is 5.91 Å². The van der Waals surface area contributed by atoms with E-state index in [2.05, 4.69) is 16.9 Å². The summed E-state index contributed by atoms with van der Waals surface area (Å²) in [4.78, 5) is 36.7. The zero-order valence-electron chi connectivity index (χ0n) is 9.54. The Labute approximate surface area is 107 Å². The molecule has 1 aliphatic heterocycles. The first-order chi connectivity index (χ1) is 8.32. The van der Waals surface area contributed by atoms with E-state index in [1.54, 1.807) is 0 Å². The Morgan fingerprint density at radius 2 is 2.11 bits per heavy atom. The SMILES string of the molecule is C=C1CS[C@H]([C@H](NC(C)=O)C(=O)O)N=C1C(=O)O. The molecule has 0 fully saturated rings. The highest BCUT2D eigenvalue weighted by molar-refractivity contribution is 8.00.